The summed E-state index contributed by atoms with van der Waals surface area (Å²) in [5, 5.41) is 0. The van der Waals surface area contributed by atoms with Crippen molar-refractivity contribution >= 4 is 23.5 Å². The minimum atomic E-state index is -0.524. The van der Waals surface area contributed by atoms with E-state index in [1.807, 2.05) is 48.5 Å². The highest BCUT2D eigenvalue weighted by Crippen LogP contribution is 2.31. The number of amides is 1. The number of hydrogen-bond donors (Lipinski definition) is 0. The molecule has 0 unspecified atom stereocenters. The van der Waals surface area contributed by atoms with Crippen LogP contribution in [-0.2, 0) is 9.53 Å². The fourth-order valence-electron chi connectivity index (χ4n) is 2.74. The van der Waals surface area contributed by atoms with Gasteiger partial charge in [0.2, 0.25) is 0 Å². The Morgan fingerprint density at radius 2 is 1.48 bits per heavy atom. The van der Waals surface area contributed by atoms with E-state index in [1.165, 1.54) is 7.11 Å². The molecule has 6 nitrogen and oxygen atoms in total. The van der Waals surface area contributed by atoms with Gasteiger partial charge in [-0.1, -0.05) is 0 Å². The van der Waals surface area contributed by atoms with Crippen molar-refractivity contribution in [2.45, 2.75) is 12.1 Å². The van der Waals surface area contributed by atoms with Gasteiger partial charge in [0, 0.05) is 19.0 Å². The molecule has 0 N–H and O–H groups in total. The van der Waals surface area contributed by atoms with E-state index in [4.69, 9.17) is 14.2 Å². The van der Waals surface area contributed by atoms with Crippen molar-refractivity contribution in [3.63, 3.8) is 0 Å². The maximum absolute atomic E-state index is 12.3. The number of rotatable bonds is 6. The SMILES string of the molecule is COc1ccc(N=C[C@H]2[C@@H](OC)C(=O)N2c2ccc(OC)cc2)cc1. The van der Waals surface area contributed by atoms with Crippen LogP contribution in [0.25, 0.3) is 0 Å². The first-order chi connectivity index (χ1) is 12.2. The quantitative estimate of drug-likeness (QED) is 0.599. The van der Waals surface area contributed by atoms with Crippen LogP contribution in [0.1, 0.15) is 0 Å². The molecule has 0 radical (unpaired) electrons. The fraction of sp³-hybridized carbons (Fsp3) is 0.263. The van der Waals surface area contributed by atoms with Gasteiger partial charge in [-0.15, -0.1) is 0 Å². The number of aliphatic imine (C=N–C) groups is 1. The van der Waals surface area contributed by atoms with Gasteiger partial charge in [-0.05, 0) is 48.5 Å². The summed E-state index contributed by atoms with van der Waals surface area (Å²) in [5.41, 5.74) is 1.56. The molecule has 0 bridgehead atoms. The molecule has 130 valence electrons. The van der Waals surface area contributed by atoms with Gasteiger partial charge in [0.25, 0.3) is 5.91 Å². The van der Waals surface area contributed by atoms with Crippen molar-refractivity contribution in [2.75, 3.05) is 26.2 Å². The van der Waals surface area contributed by atoms with Gasteiger partial charge in [-0.25, -0.2) is 0 Å². The Labute approximate surface area is 146 Å². The Bertz CT molecular complexity index is 756. The second kappa shape index (κ2) is 7.36. The first kappa shape index (κ1) is 17.0. The van der Waals surface area contributed by atoms with Crippen LogP contribution in [0.4, 0.5) is 11.4 Å². The number of carbonyl (C=O) groups is 1. The van der Waals surface area contributed by atoms with E-state index < -0.39 is 6.10 Å². The van der Waals surface area contributed by atoms with Crippen molar-refractivity contribution in [2.24, 2.45) is 4.99 Å². The van der Waals surface area contributed by atoms with Crippen molar-refractivity contribution < 1.29 is 19.0 Å². The largest absolute Gasteiger partial charge is 0.497 e. The van der Waals surface area contributed by atoms with E-state index in [0.717, 1.165) is 22.9 Å². The molecule has 1 saturated heterocycles. The Kier molecular flexibility index (Phi) is 5.00. The molecule has 1 aliphatic rings. The van der Waals surface area contributed by atoms with Crippen molar-refractivity contribution in [3.05, 3.63) is 48.5 Å². The Morgan fingerprint density at radius 1 is 0.920 bits per heavy atom. The molecular formula is C19H20N2O4. The van der Waals surface area contributed by atoms with Crippen LogP contribution < -0.4 is 14.4 Å². The molecule has 3 rings (SSSR count). The van der Waals surface area contributed by atoms with Gasteiger partial charge in [-0.2, -0.15) is 0 Å². The minimum absolute atomic E-state index is 0.0844. The lowest BCUT2D eigenvalue weighted by molar-refractivity contribution is -0.136. The van der Waals surface area contributed by atoms with Gasteiger partial charge < -0.3 is 14.2 Å². The van der Waals surface area contributed by atoms with Crippen LogP contribution >= 0.6 is 0 Å². The van der Waals surface area contributed by atoms with Crippen molar-refractivity contribution in [1.82, 2.24) is 0 Å². The monoisotopic (exact) mass is 340 g/mol. The molecule has 6 heteroatoms. The Hall–Kier alpha value is -2.86. The van der Waals surface area contributed by atoms with E-state index >= 15 is 0 Å². The van der Waals surface area contributed by atoms with Crippen LogP contribution in [-0.4, -0.2) is 45.6 Å². The predicted octanol–water partition coefficient (Wildman–Crippen LogP) is 2.84. The highest BCUT2D eigenvalue weighted by molar-refractivity contribution is 6.10. The van der Waals surface area contributed by atoms with Crippen LogP contribution in [0.3, 0.4) is 0 Å². The molecule has 25 heavy (non-hydrogen) atoms. The number of methoxy groups -OCH3 is 3. The van der Waals surface area contributed by atoms with E-state index in [-0.39, 0.29) is 11.9 Å². The summed E-state index contributed by atoms with van der Waals surface area (Å²) in [7, 11) is 4.76. The first-order valence-corrected chi connectivity index (χ1v) is 7.86. The molecule has 1 amide bonds. The van der Waals surface area contributed by atoms with E-state index in [2.05, 4.69) is 4.99 Å². The third-order valence-electron chi connectivity index (χ3n) is 4.14. The molecule has 2 aromatic rings. The summed E-state index contributed by atoms with van der Waals surface area (Å²) in [6, 6.07) is 14.5. The normalized spacial score (nSPS) is 19.8. The summed E-state index contributed by atoms with van der Waals surface area (Å²) < 4.78 is 15.6. The van der Waals surface area contributed by atoms with Crippen LogP contribution in [0.2, 0.25) is 0 Å². The van der Waals surface area contributed by atoms with Crippen LogP contribution in [0, 0.1) is 0 Å². The summed E-state index contributed by atoms with van der Waals surface area (Å²) in [6.45, 7) is 0. The second-order valence-corrected chi connectivity index (χ2v) is 5.53. The number of carbonyl (C=O) groups excluding carboxylic acids is 1. The zero-order valence-electron chi connectivity index (χ0n) is 14.4. The maximum Gasteiger partial charge on any atom is 0.259 e. The lowest BCUT2D eigenvalue weighted by atomic mass is 9.97. The van der Waals surface area contributed by atoms with Gasteiger partial charge in [0.05, 0.1) is 19.9 Å². The molecule has 2 atom stereocenters. The molecule has 0 aromatic heterocycles. The van der Waals surface area contributed by atoms with E-state index in [0.29, 0.717) is 0 Å². The lowest BCUT2D eigenvalue weighted by Crippen LogP contribution is -2.66. The molecular weight excluding hydrogens is 320 g/mol. The molecule has 1 fully saturated rings. The third kappa shape index (κ3) is 3.34. The molecule has 0 saturated carbocycles. The van der Waals surface area contributed by atoms with E-state index in [1.54, 1.807) is 25.3 Å². The zero-order valence-corrected chi connectivity index (χ0v) is 14.4. The number of hydrogen-bond acceptors (Lipinski definition) is 5. The van der Waals surface area contributed by atoms with Crippen LogP contribution in [0.5, 0.6) is 11.5 Å². The first-order valence-electron chi connectivity index (χ1n) is 7.86. The van der Waals surface area contributed by atoms with Crippen molar-refractivity contribution in [3.8, 4) is 11.5 Å². The number of nitrogens with zero attached hydrogens (tertiary/aromatic N) is 2. The summed E-state index contributed by atoms with van der Waals surface area (Å²) >= 11 is 0. The Morgan fingerprint density at radius 3 is 2.00 bits per heavy atom. The Balaban J connectivity index is 1.80. The molecule has 0 spiro atoms. The van der Waals surface area contributed by atoms with Gasteiger partial charge in [0.15, 0.2) is 6.10 Å². The zero-order chi connectivity index (χ0) is 17.8. The standard InChI is InChI=1S/C19H20N2O4/c1-23-15-8-4-13(5-9-15)20-12-17-18(25-3)19(22)21(17)14-6-10-16(24-2)11-7-14/h4-12,17-18H,1-3H3/t17-,18+/m0/s1. The average Bonchev–Trinajstić information content (AvgIpc) is 2.66. The second-order valence-electron chi connectivity index (χ2n) is 5.53. The maximum atomic E-state index is 12.3. The summed E-state index contributed by atoms with van der Waals surface area (Å²) in [4.78, 5) is 18.5. The van der Waals surface area contributed by atoms with Gasteiger partial charge >= 0.3 is 0 Å². The van der Waals surface area contributed by atoms with Crippen molar-refractivity contribution in [1.29, 1.82) is 0 Å². The smallest absolute Gasteiger partial charge is 0.259 e. The minimum Gasteiger partial charge on any atom is -0.497 e. The summed E-state index contributed by atoms with van der Waals surface area (Å²) in [6.07, 6.45) is 1.21. The molecule has 1 aliphatic heterocycles. The predicted molar refractivity (Wildman–Crippen MR) is 96.2 cm³/mol. The van der Waals surface area contributed by atoms with Gasteiger partial charge in [0.1, 0.15) is 17.5 Å². The number of benzene rings is 2. The number of β-lactam (4-membered cyclic amide) rings is 1. The third-order valence-corrected chi connectivity index (χ3v) is 4.14. The number of ether oxygens (including phenoxy) is 3. The van der Waals surface area contributed by atoms with Crippen LogP contribution in [0.15, 0.2) is 53.5 Å². The molecule has 0 aliphatic carbocycles. The highest BCUT2D eigenvalue weighted by atomic mass is 16.5. The average molecular weight is 340 g/mol. The van der Waals surface area contributed by atoms with E-state index in [9.17, 15) is 4.79 Å². The molecule has 2 aromatic carbocycles. The topological polar surface area (TPSA) is 60.4 Å². The summed E-state index contributed by atoms with van der Waals surface area (Å²) in [5.74, 6) is 1.43. The van der Waals surface area contributed by atoms with Gasteiger partial charge in [-0.3, -0.25) is 14.7 Å². The number of anilines is 1. The molecule has 1 heterocycles. The fourth-order valence-corrected chi connectivity index (χ4v) is 2.74. The highest BCUT2D eigenvalue weighted by Gasteiger charge is 2.47. The lowest BCUT2D eigenvalue weighted by Gasteiger charge is -2.44.